The van der Waals surface area contributed by atoms with E-state index in [4.69, 9.17) is 9.47 Å². The number of aliphatic hydroxyl groups is 1. The summed E-state index contributed by atoms with van der Waals surface area (Å²) in [4.78, 5) is 27.4. The van der Waals surface area contributed by atoms with Crippen LogP contribution in [0.2, 0.25) is 0 Å². The van der Waals surface area contributed by atoms with E-state index in [9.17, 15) is 19.8 Å². The molecule has 2 N–H and O–H groups in total. The molecule has 0 bridgehead atoms. The number of carbonyl (C=O) groups excluding carboxylic acids is 2. The number of methoxy groups -OCH3 is 1. The maximum atomic E-state index is 13.1. The lowest BCUT2D eigenvalue weighted by molar-refractivity contribution is -0.139. The molecule has 0 radical (unpaired) electrons. The van der Waals surface area contributed by atoms with Crippen LogP contribution < -0.4 is 9.47 Å². The monoisotopic (exact) mass is 453 g/mol. The number of hydrogen-bond acceptors (Lipinski definition) is 6. The third kappa shape index (κ3) is 4.82. The van der Waals surface area contributed by atoms with Crippen molar-refractivity contribution < 1.29 is 29.3 Å². The zero-order chi connectivity index (χ0) is 24.1. The van der Waals surface area contributed by atoms with E-state index in [-0.39, 0.29) is 22.8 Å². The number of phenolic OH excluding ortho intramolecular Hbond substituents is 1. The van der Waals surface area contributed by atoms with Crippen LogP contribution in [0.3, 0.4) is 0 Å². The molecule has 33 heavy (non-hydrogen) atoms. The molecule has 0 spiro atoms. The number of likely N-dealkylation sites (tertiary alicyclic amines) is 1. The lowest BCUT2D eigenvalue weighted by Gasteiger charge is -2.25. The molecular formula is C26H31NO6. The highest BCUT2D eigenvalue weighted by atomic mass is 16.5. The average Bonchev–Trinajstić information content (AvgIpc) is 3.06. The lowest BCUT2D eigenvalue weighted by atomic mass is 9.94. The highest BCUT2D eigenvalue weighted by molar-refractivity contribution is 6.46. The van der Waals surface area contributed by atoms with Crippen molar-refractivity contribution >= 4 is 17.4 Å². The van der Waals surface area contributed by atoms with Gasteiger partial charge >= 0.3 is 0 Å². The highest BCUT2D eigenvalue weighted by Crippen LogP contribution is 2.42. The number of aliphatic hydroxyl groups excluding tert-OH is 1. The minimum Gasteiger partial charge on any atom is -0.507 e. The zero-order valence-corrected chi connectivity index (χ0v) is 19.6. The predicted octanol–water partition coefficient (Wildman–Crippen LogP) is 4.72. The van der Waals surface area contributed by atoms with Crippen LogP contribution in [0.5, 0.6) is 17.2 Å². The Morgan fingerprint density at radius 3 is 2.39 bits per heavy atom. The van der Waals surface area contributed by atoms with Crippen molar-refractivity contribution in [2.45, 2.75) is 46.1 Å². The molecule has 0 saturated carbocycles. The molecule has 0 aliphatic carbocycles. The van der Waals surface area contributed by atoms with Gasteiger partial charge in [0.2, 0.25) is 0 Å². The van der Waals surface area contributed by atoms with Crippen LogP contribution in [-0.2, 0) is 9.59 Å². The summed E-state index contributed by atoms with van der Waals surface area (Å²) in [5.74, 6) is -0.782. The average molecular weight is 454 g/mol. The first-order valence-corrected chi connectivity index (χ1v) is 11.2. The molecule has 1 saturated heterocycles. The number of ether oxygens (including phenoxy) is 2. The summed E-state index contributed by atoms with van der Waals surface area (Å²) in [5, 5.41) is 21.5. The predicted molar refractivity (Wildman–Crippen MR) is 126 cm³/mol. The van der Waals surface area contributed by atoms with E-state index in [1.165, 1.54) is 18.1 Å². The number of phenols is 1. The van der Waals surface area contributed by atoms with E-state index in [0.717, 1.165) is 18.4 Å². The van der Waals surface area contributed by atoms with Gasteiger partial charge in [0.05, 0.1) is 25.3 Å². The van der Waals surface area contributed by atoms with E-state index >= 15 is 0 Å². The Balaban J connectivity index is 2.12. The Bertz CT molecular complexity index is 1070. The molecule has 3 rings (SSSR count). The summed E-state index contributed by atoms with van der Waals surface area (Å²) in [5.41, 5.74) is 1.76. The fraction of sp³-hybridized carbons (Fsp3) is 0.385. The molecule has 7 nitrogen and oxygen atoms in total. The summed E-state index contributed by atoms with van der Waals surface area (Å²) < 4.78 is 10.8. The standard InChI is InChI=1S/C26H31NO6/c1-5-7-12-27-23(17-8-11-21(32-4)19(28)15-17)22(25(30)26(27)31)24(29)18-9-10-20(16(3)14-18)33-13-6-2/h8-11,14-15,23,28-29H,5-7,12-13H2,1-4H3/b24-22-. The van der Waals surface area contributed by atoms with Crippen LogP contribution in [0.25, 0.3) is 5.76 Å². The van der Waals surface area contributed by atoms with Crippen LogP contribution in [0, 0.1) is 6.92 Å². The van der Waals surface area contributed by atoms with Gasteiger partial charge in [0.1, 0.15) is 11.5 Å². The van der Waals surface area contributed by atoms with Gasteiger partial charge in [-0.3, -0.25) is 9.59 Å². The number of Topliss-reactive ketones (excluding diaryl/α,β-unsaturated/α-hetero) is 1. The van der Waals surface area contributed by atoms with Gasteiger partial charge in [-0.25, -0.2) is 0 Å². The molecule has 176 valence electrons. The van der Waals surface area contributed by atoms with Gasteiger partial charge in [0, 0.05) is 12.1 Å². The smallest absolute Gasteiger partial charge is 0.295 e. The third-order valence-corrected chi connectivity index (χ3v) is 5.72. The van der Waals surface area contributed by atoms with E-state index < -0.39 is 17.7 Å². The molecule has 1 unspecified atom stereocenters. The molecule has 1 aliphatic heterocycles. The number of nitrogens with zero attached hydrogens (tertiary/aromatic N) is 1. The summed E-state index contributed by atoms with van der Waals surface area (Å²) in [7, 11) is 1.44. The van der Waals surface area contributed by atoms with Gasteiger partial charge < -0.3 is 24.6 Å². The Morgan fingerprint density at radius 1 is 1.06 bits per heavy atom. The summed E-state index contributed by atoms with van der Waals surface area (Å²) in [6, 6.07) is 9.08. The first kappa shape index (κ1) is 24.2. The molecule has 1 atom stereocenters. The SMILES string of the molecule is CCCCN1C(=O)C(=O)/C(=C(\O)c2ccc(OCCC)c(C)c2)C1c1ccc(OC)c(O)c1. The maximum Gasteiger partial charge on any atom is 0.295 e. The summed E-state index contributed by atoms with van der Waals surface area (Å²) >= 11 is 0. The maximum absolute atomic E-state index is 13.1. The Morgan fingerprint density at radius 2 is 1.79 bits per heavy atom. The zero-order valence-electron chi connectivity index (χ0n) is 19.6. The normalized spacial score (nSPS) is 17.5. The van der Waals surface area contributed by atoms with Crippen molar-refractivity contribution in [2.75, 3.05) is 20.3 Å². The van der Waals surface area contributed by atoms with Crippen molar-refractivity contribution in [1.29, 1.82) is 0 Å². The molecule has 7 heteroatoms. The van der Waals surface area contributed by atoms with Crippen molar-refractivity contribution in [1.82, 2.24) is 4.90 Å². The number of ketones is 1. The van der Waals surface area contributed by atoms with Gasteiger partial charge in [0.25, 0.3) is 11.7 Å². The number of unbranched alkanes of at least 4 members (excludes halogenated alkanes) is 1. The molecule has 1 amide bonds. The second kappa shape index (κ2) is 10.4. The number of amides is 1. The van der Waals surface area contributed by atoms with Gasteiger partial charge in [-0.15, -0.1) is 0 Å². The topological polar surface area (TPSA) is 96.3 Å². The fourth-order valence-corrected chi connectivity index (χ4v) is 3.99. The largest absolute Gasteiger partial charge is 0.507 e. The summed E-state index contributed by atoms with van der Waals surface area (Å²) in [6.07, 6.45) is 2.41. The minimum atomic E-state index is -0.815. The van der Waals surface area contributed by atoms with Gasteiger partial charge in [-0.1, -0.05) is 26.3 Å². The Hall–Kier alpha value is -3.48. The number of carbonyl (C=O) groups is 2. The van der Waals surface area contributed by atoms with E-state index in [2.05, 4.69) is 0 Å². The van der Waals surface area contributed by atoms with Crippen molar-refractivity contribution in [3.05, 3.63) is 58.7 Å². The molecule has 1 heterocycles. The number of aryl methyl sites for hydroxylation is 1. The number of benzene rings is 2. The van der Waals surface area contributed by atoms with Crippen molar-refractivity contribution in [3.8, 4) is 17.2 Å². The first-order valence-electron chi connectivity index (χ1n) is 11.2. The first-order chi connectivity index (χ1) is 15.8. The molecule has 1 fully saturated rings. The van der Waals surface area contributed by atoms with E-state index in [0.29, 0.717) is 36.4 Å². The molecule has 1 aliphatic rings. The number of rotatable bonds is 9. The van der Waals surface area contributed by atoms with Gasteiger partial charge in [-0.05, 0) is 61.2 Å². The molecular weight excluding hydrogens is 422 g/mol. The molecule has 2 aromatic rings. The van der Waals surface area contributed by atoms with Gasteiger partial charge in [0.15, 0.2) is 11.5 Å². The van der Waals surface area contributed by atoms with Crippen LogP contribution in [0.1, 0.15) is 55.8 Å². The van der Waals surface area contributed by atoms with Crippen LogP contribution >= 0.6 is 0 Å². The van der Waals surface area contributed by atoms with Gasteiger partial charge in [-0.2, -0.15) is 0 Å². The lowest BCUT2D eigenvalue weighted by Crippen LogP contribution is -2.30. The van der Waals surface area contributed by atoms with Crippen LogP contribution in [0.15, 0.2) is 42.0 Å². The number of aromatic hydroxyl groups is 1. The molecule has 0 aromatic heterocycles. The number of hydrogen-bond donors (Lipinski definition) is 2. The minimum absolute atomic E-state index is 0.00213. The second-order valence-corrected chi connectivity index (χ2v) is 8.11. The Kier molecular flexibility index (Phi) is 7.63. The fourth-order valence-electron chi connectivity index (χ4n) is 3.99. The Labute approximate surface area is 194 Å². The third-order valence-electron chi connectivity index (χ3n) is 5.72. The highest BCUT2D eigenvalue weighted by Gasteiger charge is 2.46. The quantitative estimate of drug-likeness (QED) is 0.324. The summed E-state index contributed by atoms with van der Waals surface area (Å²) in [6.45, 7) is 6.81. The second-order valence-electron chi connectivity index (χ2n) is 8.11. The van der Waals surface area contributed by atoms with Crippen molar-refractivity contribution in [3.63, 3.8) is 0 Å². The van der Waals surface area contributed by atoms with Crippen LogP contribution in [0.4, 0.5) is 0 Å². The van der Waals surface area contributed by atoms with E-state index in [1.807, 2.05) is 20.8 Å². The van der Waals surface area contributed by atoms with E-state index in [1.54, 1.807) is 30.3 Å². The molecule has 2 aromatic carbocycles. The van der Waals surface area contributed by atoms with Crippen molar-refractivity contribution in [2.24, 2.45) is 0 Å². The van der Waals surface area contributed by atoms with Crippen LogP contribution in [-0.4, -0.2) is 47.1 Å².